The van der Waals surface area contributed by atoms with Gasteiger partial charge >= 0.3 is 5.97 Å². The number of benzene rings is 1. The van der Waals surface area contributed by atoms with Gasteiger partial charge in [0.2, 0.25) is 5.91 Å². The Morgan fingerprint density at radius 2 is 1.90 bits per heavy atom. The summed E-state index contributed by atoms with van der Waals surface area (Å²) in [5.41, 5.74) is 1.79. The zero-order valence-corrected chi connectivity index (χ0v) is 14.0. The van der Waals surface area contributed by atoms with Crippen LogP contribution in [-0.4, -0.2) is 17.0 Å². The highest BCUT2D eigenvalue weighted by Crippen LogP contribution is 2.52. The second-order valence-electron chi connectivity index (χ2n) is 6.17. The normalized spacial score (nSPS) is 30.4. The topological polar surface area (TPSA) is 66.4 Å². The molecule has 4 nitrogen and oxygen atoms in total. The maximum atomic E-state index is 12.6. The molecule has 3 rings (SSSR count). The van der Waals surface area contributed by atoms with E-state index in [1.165, 1.54) is 0 Å². The van der Waals surface area contributed by atoms with E-state index in [2.05, 4.69) is 27.9 Å². The van der Waals surface area contributed by atoms with E-state index >= 15 is 0 Å². The molecule has 1 amide bonds. The maximum Gasteiger partial charge on any atom is 0.307 e. The number of carbonyl (C=O) groups is 2. The predicted octanol–water partition coefficient (Wildman–Crippen LogP) is 3.29. The Morgan fingerprint density at radius 3 is 2.52 bits per heavy atom. The van der Waals surface area contributed by atoms with Crippen LogP contribution in [0, 0.1) is 34.2 Å². The van der Waals surface area contributed by atoms with E-state index in [1.807, 2.05) is 25.1 Å². The third-order valence-corrected chi connectivity index (χ3v) is 5.62. The Balaban J connectivity index is 1.80. The van der Waals surface area contributed by atoms with Gasteiger partial charge in [-0.15, -0.1) is 0 Å². The smallest absolute Gasteiger partial charge is 0.307 e. The van der Waals surface area contributed by atoms with Gasteiger partial charge in [0.05, 0.1) is 11.8 Å². The number of nitrogens with one attached hydrogen (secondary N) is 1. The monoisotopic (exact) mass is 399 g/mol. The molecule has 2 N–H and O–H groups in total. The highest BCUT2D eigenvalue weighted by molar-refractivity contribution is 14.1. The van der Waals surface area contributed by atoms with Crippen molar-refractivity contribution in [3.8, 4) is 0 Å². The number of fused-ring (bicyclic) bond motifs is 2. The minimum absolute atomic E-state index is 0.126. The first-order chi connectivity index (χ1) is 9.97. The average Bonchev–Trinajstić information content (AvgIpc) is 3.02. The molecule has 2 fully saturated rings. The lowest BCUT2D eigenvalue weighted by Crippen LogP contribution is -2.38. The third kappa shape index (κ3) is 2.67. The van der Waals surface area contributed by atoms with Crippen molar-refractivity contribution in [1.29, 1.82) is 0 Å². The van der Waals surface area contributed by atoms with Crippen molar-refractivity contribution in [3.63, 3.8) is 0 Å². The summed E-state index contributed by atoms with van der Waals surface area (Å²) in [6, 6.07) is 5.84. The average molecular weight is 399 g/mol. The van der Waals surface area contributed by atoms with Crippen LogP contribution in [0.5, 0.6) is 0 Å². The molecule has 0 spiro atoms. The Morgan fingerprint density at radius 1 is 1.24 bits per heavy atom. The number of hydrogen-bond donors (Lipinski definition) is 2. The van der Waals surface area contributed by atoms with E-state index in [9.17, 15) is 14.7 Å². The molecule has 2 aliphatic carbocycles. The summed E-state index contributed by atoms with van der Waals surface area (Å²) >= 11 is 2.23. The summed E-state index contributed by atoms with van der Waals surface area (Å²) in [6.07, 6.45) is 2.83. The van der Waals surface area contributed by atoms with Gasteiger partial charge in [-0.3, -0.25) is 9.59 Å². The highest BCUT2D eigenvalue weighted by Gasteiger charge is 2.53. The number of amides is 1. The van der Waals surface area contributed by atoms with Gasteiger partial charge in [-0.2, -0.15) is 0 Å². The van der Waals surface area contributed by atoms with E-state index < -0.39 is 11.9 Å². The minimum Gasteiger partial charge on any atom is -0.481 e. The van der Waals surface area contributed by atoms with Crippen LogP contribution in [0.2, 0.25) is 0 Å². The molecule has 112 valence electrons. The Kier molecular flexibility index (Phi) is 3.94. The van der Waals surface area contributed by atoms with E-state index in [-0.39, 0.29) is 23.7 Å². The van der Waals surface area contributed by atoms with Crippen LogP contribution in [0.15, 0.2) is 18.2 Å². The zero-order valence-electron chi connectivity index (χ0n) is 11.8. The molecule has 5 heteroatoms. The van der Waals surface area contributed by atoms with Crippen LogP contribution in [0.1, 0.15) is 24.8 Å². The minimum atomic E-state index is -0.818. The molecule has 2 aliphatic rings. The number of carboxylic acid groups (broad SMARTS) is 1. The number of carboxylic acids is 1. The molecule has 0 heterocycles. The summed E-state index contributed by atoms with van der Waals surface area (Å²) in [7, 11) is 0. The number of aliphatic carboxylic acids is 1. The molecule has 2 bridgehead atoms. The molecular weight excluding hydrogens is 381 g/mol. The SMILES string of the molecule is Cc1cc(I)ccc1NC(=O)[C@@H]1[C@H]2CC[C@@H](C2)[C@H]1C(=O)O. The Bertz CT molecular complexity index is 601. The maximum absolute atomic E-state index is 12.6. The van der Waals surface area contributed by atoms with Crippen LogP contribution in [0.4, 0.5) is 5.69 Å². The summed E-state index contributed by atoms with van der Waals surface area (Å²) in [6.45, 7) is 1.95. The molecule has 0 radical (unpaired) electrons. The number of hydrogen-bond acceptors (Lipinski definition) is 2. The van der Waals surface area contributed by atoms with Crippen molar-refractivity contribution < 1.29 is 14.7 Å². The van der Waals surface area contributed by atoms with Crippen molar-refractivity contribution in [2.24, 2.45) is 23.7 Å². The molecule has 21 heavy (non-hydrogen) atoms. The van der Waals surface area contributed by atoms with Crippen molar-refractivity contribution in [1.82, 2.24) is 0 Å². The van der Waals surface area contributed by atoms with Crippen LogP contribution in [0.3, 0.4) is 0 Å². The molecule has 1 aromatic carbocycles. The first-order valence-electron chi connectivity index (χ1n) is 7.27. The summed E-state index contributed by atoms with van der Waals surface area (Å²) in [5, 5.41) is 12.4. The van der Waals surface area contributed by atoms with Gasteiger partial charge in [0.25, 0.3) is 0 Å². The number of halogens is 1. The van der Waals surface area contributed by atoms with E-state index in [4.69, 9.17) is 0 Å². The van der Waals surface area contributed by atoms with Gasteiger partial charge in [-0.05, 0) is 84.4 Å². The van der Waals surface area contributed by atoms with Crippen LogP contribution >= 0.6 is 22.6 Å². The molecule has 0 saturated heterocycles. The summed E-state index contributed by atoms with van der Waals surface area (Å²) < 4.78 is 1.12. The second-order valence-corrected chi connectivity index (χ2v) is 7.42. The van der Waals surface area contributed by atoms with Gasteiger partial charge < -0.3 is 10.4 Å². The fourth-order valence-electron chi connectivity index (χ4n) is 4.01. The largest absolute Gasteiger partial charge is 0.481 e. The summed E-state index contributed by atoms with van der Waals surface area (Å²) in [4.78, 5) is 24.1. The van der Waals surface area contributed by atoms with Gasteiger partial charge in [-0.25, -0.2) is 0 Å². The fraction of sp³-hybridized carbons (Fsp3) is 0.500. The summed E-state index contributed by atoms with van der Waals surface area (Å²) in [5.74, 6) is -1.41. The van der Waals surface area contributed by atoms with Crippen molar-refractivity contribution in [2.75, 3.05) is 5.32 Å². The lowest BCUT2D eigenvalue weighted by Gasteiger charge is -2.27. The molecule has 0 aliphatic heterocycles. The predicted molar refractivity (Wildman–Crippen MR) is 88.0 cm³/mol. The molecule has 0 aromatic heterocycles. The number of carbonyl (C=O) groups excluding carboxylic acids is 1. The first-order valence-corrected chi connectivity index (χ1v) is 8.35. The Labute approximate surface area is 137 Å². The molecular formula is C16H18INO3. The molecule has 1 aromatic rings. The van der Waals surface area contributed by atoms with E-state index in [1.54, 1.807) is 0 Å². The number of aryl methyl sites for hydroxylation is 1. The molecule has 2 saturated carbocycles. The second kappa shape index (κ2) is 5.59. The van der Waals surface area contributed by atoms with Gasteiger partial charge in [0.15, 0.2) is 0 Å². The zero-order chi connectivity index (χ0) is 15.1. The van der Waals surface area contributed by atoms with Gasteiger partial charge in [0, 0.05) is 9.26 Å². The lowest BCUT2D eigenvalue weighted by atomic mass is 9.78. The van der Waals surface area contributed by atoms with E-state index in [0.717, 1.165) is 34.1 Å². The van der Waals surface area contributed by atoms with Gasteiger partial charge in [0.1, 0.15) is 0 Å². The highest BCUT2D eigenvalue weighted by atomic mass is 127. The van der Waals surface area contributed by atoms with Crippen molar-refractivity contribution >= 4 is 40.2 Å². The quantitative estimate of drug-likeness (QED) is 0.767. The molecule has 4 atom stereocenters. The molecule has 0 unspecified atom stereocenters. The van der Waals surface area contributed by atoms with Gasteiger partial charge in [-0.1, -0.05) is 0 Å². The van der Waals surface area contributed by atoms with Crippen molar-refractivity contribution in [2.45, 2.75) is 26.2 Å². The number of anilines is 1. The van der Waals surface area contributed by atoms with Crippen LogP contribution < -0.4 is 5.32 Å². The standard InChI is InChI=1S/C16H18INO3/c1-8-6-11(17)4-5-12(8)18-15(19)13-9-2-3-10(7-9)14(13)16(20)21/h4-6,9-10,13-14H,2-3,7H2,1H3,(H,18,19)(H,20,21)/t9-,10-,13+,14+/m0/s1. The fourth-order valence-corrected chi connectivity index (χ4v) is 4.65. The van der Waals surface area contributed by atoms with Crippen molar-refractivity contribution in [3.05, 3.63) is 27.3 Å². The van der Waals surface area contributed by atoms with Crippen LogP contribution in [-0.2, 0) is 9.59 Å². The third-order valence-electron chi connectivity index (χ3n) is 4.95. The number of rotatable bonds is 3. The first kappa shape index (κ1) is 14.8. The lowest BCUT2D eigenvalue weighted by molar-refractivity contribution is -0.148. The Hall–Kier alpha value is -1.11. The van der Waals surface area contributed by atoms with E-state index in [0.29, 0.717) is 0 Å². The van der Waals surface area contributed by atoms with Crippen LogP contribution in [0.25, 0.3) is 0 Å².